The van der Waals surface area contributed by atoms with Crippen LogP contribution in [-0.4, -0.2) is 30.8 Å². The Morgan fingerprint density at radius 1 is 1.67 bits per heavy atom. The van der Waals surface area contributed by atoms with Gasteiger partial charge in [-0.1, -0.05) is 0 Å². The van der Waals surface area contributed by atoms with Gasteiger partial charge in [-0.2, -0.15) is 0 Å². The Kier molecular flexibility index (Phi) is 1.96. The molecule has 0 N–H and O–H groups in total. The van der Waals surface area contributed by atoms with Crippen LogP contribution in [0.15, 0.2) is 14.4 Å². The minimum Gasteiger partial charge on any atom is -0.324 e. The fourth-order valence-electron chi connectivity index (χ4n) is 0.960. The zero-order chi connectivity index (χ0) is 8.77. The van der Waals surface area contributed by atoms with Crippen LogP contribution in [0.25, 0.3) is 0 Å². The van der Waals surface area contributed by atoms with Crippen molar-refractivity contribution < 1.29 is 8.42 Å². The van der Waals surface area contributed by atoms with E-state index in [0.29, 0.717) is 11.7 Å². The molecule has 0 bridgehead atoms. The molecule has 12 heavy (non-hydrogen) atoms. The van der Waals surface area contributed by atoms with E-state index < -0.39 is 10.0 Å². The highest BCUT2D eigenvalue weighted by molar-refractivity contribution is 9.14. The predicted molar refractivity (Wildman–Crippen MR) is 52.5 cm³/mol. The number of amidine groups is 1. The van der Waals surface area contributed by atoms with E-state index in [1.165, 1.54) is 11.8 Å². The van der Waals surface area contributed by atoms with Gasteiger partial charge < -0.3 is 4.90 Å². The van der Waals surface area contributed by atoms with Crippen LogP contribution in [0.2, 0.25) is 0 Å². The third-order valence-corrected chi connectivity index (χ3v) is 4.26. The van der Waals surface area contributed by atoms with Gasteiger partial charge in [0.25, 0.3) is 10.0 Å². The summed E-state index contributed by atoms with van der Waals surface area (Å²) in [4.78, 5) is 1.83. The number of hydrogen-bond donors (Lipinski definition) is 0. The Balaban J connectivity index is 2.38. The van der Waals surface area contributed by atoms with Crippen molar-refractivity contribution in [2.45, 2.75) is 0 Å². The molecular formula is C5H5BrN2O2S2. The van der Waals surface area contributed by atoms with Crippen molar-refractivity contribution in [2.24, 2.45) is 4.40 Å². The fraction of sp³-hybridized carbons (Fsp3) is 0.400. The van der Waals surface area contributed by atoms with Crippen LogP contribution in [-0.2, 0) is 10.0 Å². The second-order valence-electron chi connectivity index (χ2n) is 2.39. The highest BCUT2D eigenvalue weighted by atomic mass is 79.9. The molecule has 0 unspecified atom stereocenters. The van der Waals surface area contributed by atoms with E-state index in [0.717, 1.165) is 3.81 Å². The highest BCUT2D eigenvalue weighted by Crippen LogP contribution is 2.34. The molecule has 7 heteroatoms. The van der Waals surface area contributed by atoms with Crippen LogP contribution in [0, 0.1) is 0 Å². The standard InChI is InChI=1S/C5H5BrN2O2S2/c6-4-3-8-1-2-12(9,10)7-5(8)11-4/h3H,1-2H2. The van der Waals surface area contributed by atoms with Crippen LogP contribution in [0.4, 0.5) is 0 Å². The molecule has 0 aliphatic carbocycles. The lowest BCUT2D eigenvalue weighted by Gasteiger charge is -2.18. The summed E-state index contributed by atoms with van der Waals surface area (Å²) in [6.45, 7) is 0.503. The molecule has 0 fully saturated rings. The smallest absolute Gasteiger partial charge is 0.257 e. The first-order chi connectivity index (χ1) is 5.57. The maximum Gasteiger partial charge on any atom is 0.257 e. The van der Waals surface area contributed by atoms with E-state index in [1.807, 2.05) is 11.1 Å². The summed E-state index contributed by atoms with van der Waals surface area (Å²) in [6.07, 6.45) is 1.85. The minimum atomic E-state index is -3.19. The molecular weight excluding hydrogens is 264 g/mol. The van der Waals surface area contributed by atoms with Gasteiger partial charge in [0.2, 0.25) is 0 Å². The van der Waals surface area contributed by atoms with E-state index in [9.17, 15) is 8.42 Å². The normalized spacial score (nSPS) is 26.2. The molecule has 66 valence electrons. The van der Waals surface area contributed by atoms with E-state index in [4.69, 9.17) is 0 Å². The van der Waals surface area contributed by atoms with Gasteiger partial charge in [-0.3, -0.25) is 0 Å². The highest BCUT2D eigenvalue weighted by Gasteiger charge is 2.27. The Morgan fingerprint density at radius 3 is 3.17 bits per heavy atom. The summed E-state index contributed by atoms with van der Waals surface area (Å²) in [5, 5.41) is 0.549. The number of halogens is 1. The Morgan fingerprint density at radius 2 is 2.42 bits per heavy atom. The van der Waals surface area contributed by atoms with Gasteiger partial charge in [-0.05, 0) is 27.7 Å². The first-order valence-corrected chi connectivity index (χ1v) is 6.43. The van der Waals surface area contributed by atoms with Crippen molar-refractivity contribution in [3.8, 4) is 0 Å². The number of rotatable bonds is 0. The van der Waals surface area contributed by atoms with Crippen LogP contribution in [0.1, 0.15) is 0 Å². The molecule has 2 aliphatic heterocycles. The number of sulfonamides is 1. The first kappa shape index (κ1) is 8.58. The van der Waals surface area contributed by atoms with Gasteiger partial charge in [-0.15, -0.1) is 4.40 Å². The monoisotopic (exact) mass is 268 g/mol. The van der Waals surface area contributed by atoms with Crippen molar-refractivity contribution in [3.05, 3.63) is 10.0 Å². The number of thioether (sulfide) groups is 1. The third kappa shape index (κ3) is 1.53. The van der Waals surface area contributed by atoms with Crippen molar-refractivity contribution in [1.29, 1.82) is 0 Å². The number of nitrogens with zero attached hydrogens (tertiary/aromatic N) is 2. The Bertz CT molecular complexity index is 373. The predicted octanol–water partition coefficient (Wildman–Crippen LogP) is 0.928. The zero-order valence-electron chi connectivity index (χ0n) is 5.90. The Hall–Kier alpha value is -0.0100. The summed E-state index contributed by atoms with van der Waals surface area (Å²) in [6, 6.07) is 0. The average Bonchev–Trinajstić information content (AvgIpc) is 2.26. The van der Waals surface area contributed by atoms with Gasteiger partial charge in [0.1, 0.15) is 0 Å². The molecule has 0 aromatic rings. The van der Waals surface area contributed by atoms with Gasteiger partial charge in [0.05, 0.1) is 9.57 Å². The zero-order valence-corrected chi connectivity index (χ0v) is 9.12. The number of hydrogen-bond acceptors (Lipinski definition) is 4. The van der Waals surface area contributed by atoms with Gasteiger partial charge >= 0.3 is 0 Å². The molecule has 2 rings (SSSR count). The molecule has 0 amide bonds. The largest absolute Gasteiger partial charge is 0.324 e. The van der Waals surface area contributed by atoms with Crippen molar-refractivity contribution in [1.82, 2.24) is 4.90 Å². The lowest BCUT2D eigenvalue weighted by Crippen LogP contribution is -2.31. The number of fused-ring (bicyclic) bond motifs is 1. The van der Waals surface area contributed by atoms with Crippen molar-refractivity contribution >= 4 is 42.9 Å². The van der Waals surface area contributed by atoms with E-state index in [-0.39, 0.29) is 5.75 Å². The van der Waals surface area contributed by atoms with Gasteiger partial charge in [0.15, 0.2) is 5.17 Å². The molecule has 0 radical (unpaired) electrons. The summed E-state index contributed by atoms with van der Waals surface area (Å²) in [5.41, 5.74) is 0. The molecule has 4 nitrogen and oxygen atoms in total. The molecule has 0 saturated carbocycles. The molecule has 0 spiro atoms. The topological polar surface area (TPSA) is 49.7 Å². The van der Waals surface area contributed by atoms with Gasteiger partial charge in [-0.25, -0.2) is 8.42 Å². The van der Waals surface area contributed by atoms with Crippen molar-refractivity contribution in [2.75, 3.05) is 12.3 Å². The first-order valence-electron chi connectivity index (χ1n) is 3.21. The van der Waals surface area contributed by atoms with E-state index >= 15 is 0 Å². The lowest BCUT2D eigenvalue weighted by molar-refractivity contribution is 0.557. The van der Waals surface area contributed by atoms with Crippen LogP contribution in [0.5, 0.6) is 0 Å². The summed E-state index contributed by atoms with van der Waals surface area (Å²) >= 11 is 4.60. The minimum absolute atomic E-state index is 0.105. The van der Waals surface area contributed by atoms with E-state index in [2.05, 4.69) is 20.3 Å². The SMILES string of the molecule is O=S1(=O)CCN2C=C(Br)SC2=N1. The van der Waals surface area contributed by atoms with Crippen LogP contribution in [0.3, 0.4) is 0 Å². The molecule has 0 aromatic heterocycles. The van der Waals surface area contributed by atoms with E-state index in [1.54, 1.807) is 0 Å². The molecule has 0 atom stereocenters. The lowest BCUT2D eigenvalue weighted by atomic mass is 10.6. The molecule has 2 aliphatic rings. The maximum atomic E-state index is 11.0. The Labute approximate surface area is 82.9 Å². The van der Waals surface area contributed by atoms with Crippen molar-refractivity contribution in [3.63, 3.8) is 0 Å². The summed E-state index contributed by atoms with van der Waals surface area (Å²) < 4.78 is 26.6. The van der Waals surface area contributed by atoms with Crippen LogP contribution < -0.4 is 0 Å². The maximum absolute atomic E-state index is 11.0. The summed E-state index contributed by atoms with van der Waals surface area (Å²) in [7, 11) is -3.19. The molecule has 0 saturated heterocycles. The second-order valence-corrected chi connectivity index (χ2v) is 6.53. The second kappa shape index (κ2) is 2.74. The quantitative estimate of drug-likeness (QED) is 0.656. The average molecular weight is 269 g/mol. The summed E-state index contributed by atoms with van der Waals surface area (Å²) in [5.74, 6) is 0.105. The fourth-order valence-corrected chi connectivity index (χ4v) is 3.61. The third-order valence-electron chi connectivity index (χ3n) is 1.50. The van der Waals surface area contributed by atoms with Gasteiger partial charge in [0, 0.05) is 12.7 Å². The van der Waals surface area contributed by atoms with Crippen LogP contribution >= 0.6 is 27.7 Å². The molecule has 2 heterocycles. The molecule has 0 aromatic carbocycles.